The number of rotatable bonds is 5. The van der Waals surface area contributed by atoms with Gasteiger partial charge in [0.25, 0.3) is 0 Å². The van der Waals surface area contributed by atoms with E-state index in [1.54, 1.807) is 6.07 Å². The molecule has 1 aromatic heterocycles. The first-order chi connectivity index (χ1) is 8.05. The molecule has 1 unspecified atom stereocenters. The molecule has 0 N–H and O–H groups in total. The Kier molecular flexibility index (Phi) is 5.33. The first kappa shape index (κ1) is 13.9. The lowest BCUT2D eigenvalue weighted by Crippen LogP contribution is -2.28. The lowest BCUT2D eigenvalue weighted by atomic mass is 10.2. The minimum Gasteiger partial charge on any atom is -0.295 e. The molecule has 5 heteroatoms. The molecule has 1 rings (SSSR count). The zero-order valence-electron chi connectivity index (χ0n) is 10.4. The van der Waals surface area contributed by atoms with Crippen LogP contribution < -0.4 is 0 Å². The van der Waals surface area contributed by atoms with Crippen LogP contribution in [0, 0.1) is 24.2 Å². The quantitative estimate of drug-likeness (QED) is 0.756. The van der Waals surface area contributed by atoms with E-state index >= 15 is 0 Å². The maximum absolute atomic E-state index is 8.80. The summed E-state index contributed by atoms with van der Waals surface area (Å²) in [6.07, 6.45) is 0. The van der Waals surface area contributed by atoms with Crippen molar-refractivity contribution in [2.24, 2.45) is 5.92 Å². The van der Waals surface area contributed by atoms with Crippen molar-refractivity contribution in [2.45, 2.75) is 27.3 Å². The summed E-state index contributed by atoms with van der Waals surface area (Å²) in [5, 5.41) is 9.27. The smallest absolute Gasteiger partial charge is 0.144 e. The molecule has 0 radical (unpaired) electrons. The van der Waals surface area contributed by atoms with Gasteiger partial charge in [-0.3, -0.25) is 4.90 Å². The normalized spacial score (nSPS) is 12.5. The van der Waals surface area contributed by atoms with Crippen LogP contribution in [0.3, 0.4) is 0 Å². The monoisotopic (exact) mass is 252 g/mol. The molecule has 1 atom stereocenters. The van der Waals surface area contributed by atoms with Crippen LogP contribution in [-0.2, 0) is 6.54 Å². The molecule has 92 valence electrons. The van der Waals surface area contributed by atoms with Crippen LogP contribution in [0.15, 0.2) is 6.07 Å². The highest BCUT2D eigenvalue weighted by molar-refractivity contribution is 6.29. The number of aromatic nitrogens is 2. The van der Waals surface area contributed by atoms with E-state index < -0.39 is 0 Å². The summed E-state index contributed by atoms with van der Waals surface area (Å²) in [5.74, 6) is 0.720. The molecule has 0 aliphatic heterocycles. The van der Waals surface area contributed by atoms with Crippen LogP contribution in [-0.4, -0.2) is 28.0 Å². The van der Waals surface area contributed by atoms with E-state index in [1.165, 1.54) is 0 Å². The highest BCUT2D eigenvalue weighted by Gasteiger charge is 2.10. The Hall–Kier alpha value is -1.18. The molecule has 1 aromatic rings. The molecule has 0 aromatic carbocycles. The number of hydrogen-bond donors (Lipinski definition) is 0. The Morgan fingerprint density at radius 2 is 2.24 bits per heavy atom. The zero-order valence-corrected chi connectivity index (χ0v) is 11.2. The third-order valence-electron chi connectivity index (χ3n) is 2.43. The van der Waals surface area contributed by atoms with Gasteiger partial charge in [-0.25, -0.2) is 9.97 Å². The minimum absolute atomic E-state index is 0.00947. The maximum Gasteiger partial charge on any atom is 0.144 e. The van der Waals surface area contributed by atoms with E-state index in [9.17, 15) is 0 Å². The van der Waals surface area contributed by atoms with E-state index in [2.05, 4.69) is 27.9 Å². The zero-order chi connectivity index (χ0) is 12.8. The molecule has 4 nitrogen and oxygen atoms in total. The Balaban J connectivity index is 2.70. The topological polar surface area (TPSA) is 52.8 Å². The van der Waals surface area contributed by atoms with Crippen molar-refractivity contribution in [3.8, 4) is 6.07 Å². The number of halogens is 1. The summed E-state index contributed by atoms with van der Waals surface area (Å²) < 4.78 is 0. The highest BCUT2D eigenvalue weighted by Crippen LogP contribution is 2.09. The standard InChI is InChI=1S/C12H17ClN4/c1-4-17(7-9(2)6-14)8-12-15-10(3)5-11(13)16-12/h5,9H,4,7-8H2,1-3H3. The third-order valence-corrected chi connectivity index (χ3v) is 2.63. The van der Waals surface area contributed by atoms with Crippen molar-refractivity contribution in [3.63, 3.8) is 0 Å². The summed E-state index contributed by atoms with van der Waals surface area (Å²) in [6.45, 7) is 8.08. The highest BCUT2D eigenvalue weighted by atomic mass is 35.5. The average Bonchev–Trinajstić information content (AvgIpc) is 2.26. The van der Waals surface area contributed by atoms with Gasteiger partial charge in [-0.05, 0) is 26.5 Å². The molecular weight excluding hydrogens is 236 g/mol. The van der Waals surface area contributed by atoms with Gasteiger partial charge in [0.2, 0.25) is 0 Å². The first-order valence-corrected chi connectivity index (χ1v) is 6.05. The van der Waals surface area contributed by atoms with Gasteiger partial charge in [-0.1, -0.05) is 18.5 Å². The minimum atomic E-state index is 0.00947. The van der Waals surface area contributed by atoms with Gasteiger partial charge in [-0.2, -0.15) is 5.26 Å². The van der Waals surface area contributed by atoms with Crippen LogP contribution in [0.25, 0.3) is 0 Å². The van der Waals surface area contributed by atoms with Crippen LogP contribution >= 0.6 is 11.6 Å². The van der Waals surface area contributed by atoms with Gasteiger partial charge < -0.3 is 0 Å². The summed E-state index contributed by atoms with van der Waals surface area (Å²) in [5.41, 5.74) is 0.865. The van der Waals surface area contributed by atoms with Crippen LogP contribution in [0.4, 0.5) is 0 Å². The molecule has 0 aliphatic rings. The molecule has 0 aliphatic carbocycles. The third kappa shape index (κ3) is 4.68. The number of aryl methyl sites for hydroxylation is 1. The molecule has 17 heavy (non-hydrogen) atoms. The molecule has 0 fully saturated rings. The van der Waals surface area contributed by atoms with Crippen LogP contribution in [0.5, 0.6) is 0 Å². The number of nitrogens with zero attached hydrogens (tertiary/aromatic N) is 4. The average molecular weight is 253 g/mol. The molecule has 0 amide bonds. The van der Waals surface area contributed by atoms with Crippen molar-refractivity contribution in [2.75, 3.05) is 13.1 Å². The van der Waals surface area contributed by atoms with Gasteiger partial charge in [0.15, 0.2) is 0 Å². The van der Waals surface area contributed by atoms with Gasteiger partial charge in [-0.15, -0.1) is 0 Å². The van der Waals surface area contributed by atoms with Crippen molar-refractivity contribution in [3.05, 3.63) is 22.7 Å². The summed E-state index contributed by atoms with van der Waals surface area (Å²) in [7, 11) is 0. The van der Waals surface area contributed by atoms with E-state index in [4.69, 9.17) is 16.9 Å². The van der Waals surface area contributed by atoms with Gasteiger partial charge in [0.05, 0.1) is 18.5 Å². The molecule has 1 heterocycles. The van der Waals surface area contributed by atoms with Gasteiger partial charge in [0.1, 0.15) is 11.0 Å². The van der Waals surface area contributed by atoms with Crippen molar-refractivity contribution < 1.29 is 0 Å². The second-order valence-electron chi connectivity index (χ2n) is 4.11. The molecule has 0 saturated carbocycles. The fraction of sp³-hybridized carbons (Fsp3) is 0.583. The second-order valence-corrected chi connectivity index (χ2v) is 4.49. The molecule has 0 bridgehead atoms. The SMILES string of the molecule is CCN(Cc1nc(C)cc(Cl)n1)CC(C)C#N. The first-order valence-electron chi connectivity index (χ1n) is 5.67. The van der Waals surface area contributed by atoms with Crippen molar-refractivity contribution >= 4 is 11.6 Å². The van der Waals surface area contributed by atoms with E-state index in [1.807, 2.05) is 13.8 Å². The summed E-state index contributed by atoms with van der Waals surface area (Å²) in [4.78, 5) is 10.7. The van der Waals surface area contributed by atoms with Crippen molar-refractivity contribution in [1.29, 1.82) is 5.26 Å². The number of nitriles is 1. The van der Waals surface area contributed by atoms with E-state index in [0.717, 1.165) is 18.8 Å². The predicted octanol–water partition coefficient (Wildman–Crippen LogP) is 2.42. The molecule has 0 spiro atoms. The largest absolute Gasteiger partial charge is 0.295 e. The molecular formula is C12H17ClN4. The molecule has 0 saturated heterocycles. The van der Waals surface area contributed by atoms with Crippen molar-refractivity contribution in [1.82, 2.24) is 14.9 Å². The Morgan fingerprint density at radius 3 is 2.76 bits per heavy atom. The second kappa shape index (κ2) is 6.53. The fourth-order valence-electron chi connectivity index (χ4n) is 1.59. The Bertz CT molecular complexity index is 393. The fourth-order valence-corrected chi connectivity index (χ4v) is 1.85. The summed E-state index contributed by atoms with van der Waals surface area (Å²) in [6, 6.07) is 3.97. The number of hydrogen-bond acceptors (Lipinski definition) is 4. The predicted molar refractivity (Wildman–Crippen MR) is 67.5 cm³/mol. The van der Waals surface area contributed by atoms with Gasteiger partial charge in [0, 0.05) is 12.2 Å². The lowest BCUT2D eigenvalue weighted by molar-refractivity contribution is 0.254. The van der Waals surface area contributed by atoms with Crippen LogP contribution in [0.2, 0.25) is 5.15 Å². The van der Waals surface area contributed by atoms with E-state index in [0.29, 0.717) is 17.5 Å². The Morgan fingerprint density at radius 1 is 1.53 bits per heavy atom. The maximum atomic E-state index is 8.80. The van der Waals surface area contributed by atoms with Gasteiger partial charge >= 0.3 is 0 Å². The Labute approximate surface area is 107 Å². The van der Waals surface area contributed by atoms with E-state index in [-0.39, 0.29) is 5.92 Å². The summed E-state index contributed by atoms with van der Waals surface area (Å²) >= 11 is 5.89. The van der Waals surface area contributed by atoms with Crippen LogP contribution in [0.1, 0.15) is 25.4 Å². The lowest BCUT2D eigenvalue weighted by Gasteiger charge is -2.20.